The fraction of sp³-hybridized carbons (Fsp3) is 0.846. The fourth-order valence-electron chi connectivity index (χ4n) is 2.15. The summed E-state index contributed by atoms with van der Waals surface area (Å²) in [5.74, 6) is 1.00. The molecule has 1 aromatic heterocycles. The quantitative estimate of drug-likeness (QED) is 0.555. The van der Waals surface area contributed by atoms with Crippen molar-refractivity contribution < 1.29 is 0 Å². The van der Waals surface area contributed by atoms with E-state index in [2.05, 4.69) is 26.9 Å². The van der Waals surface area contributed by atoms with Crippen molar-refractivity contribution in [3.63, 3.8) is 0 Å². The maximum Gasteiger partial charge on any atom is 0.209 e. The van der Waals surface area contributed by atoms with Crippen LogP contribution in [0.5, 0.6) is 0 Å². The van der Waals surface area contributed by atoms with E-state index in [9.17, 15) is 5.26 Å². The van der Waals surface area contributed by atoms with Crippen LogP contribution in [0.15, 0.2) is 5.16 Å². The number of hydrogen-bond donors (Lipinski definition) is 1. The number of rotatable bonds is 9. The highest BCUT2D eigenvalue weighted by atomic mass is 32.2. The van der Waals surface area contributed by atoms with Crippen molar-refractivity contribution in [3.05, 3.63) is 0 Å². The van der Waals surface area contributed by atoms with Crippen molar-refractivity contribution in [1.82, 2.24) is 25.5 Å². The molecule has 1 atom stereocenters. The maximum atomic E-state index is 9.18. The number of aromatic nitrogens is 4. The highest BCUT2D eigenvalue weighted by molar-refractivity contribution is 7.99. The van der Waals surface area contributed by atoms with Gasteiger partial charge in [-0.25, -0.2) is 4.68 Å². The molecule has 0 aromatic carbocycles. The van der Waals surface area contributed by atoms with E-state index in [-0.39, 0.29) is 0 Å². The SMILES string of the molecule is CCNC(C)(C#N)CCCCSc1nnnn1C1CC1. The van der Waals surface area contributed by atoms with Gasteiger partial charge in [-0.1, -0.05) is 18.7 Å². The Morgan fingerprint density at radius 3 is 2.95 bits per heavy atom. The Morgan fingerprint density at radius 2 is 2.30 bits per heavy atom. The molecule has 0 bridgehead atoms. The summed E-state index contributed by atoms with van der Waals surface area (Å²) >= 11 is 1.72. The zero-order valence-electron chi connectivity index (χ0n) is 12.2. The molecule has 110 valence electrons. The van der Waals surface area contributed by atoms with Crippen molar-refractivity contribution in [2.75, 3.05) is 12.3 Å². The minimum absolute atomic E-state index is 0.394. The fourth-order valence-corrected chi connectivity index (χ4v) is 3.09. The second kappa shape index (κ2) is 7.04. The summed E-state index contributed by atoms with van der Waals surface area (Å²) in [7, 11) is 0. The Hall–Kier alpha value is -1.13. The number of nitrogens with zero attached hydrogens (tertiary/aromatic N) is 5. The standard InChI is InChI=1S/C13H22N6S/c1-3-15-13(2,10-14)8-4-5-9-20-12-16-17-18-19(12)11-6-7-11/h11,15H,3-9H2,1-2H3. The number of nitriles is 1. The lowest BCUT2D eigenvalue weighted by Crippen LogP contribution is -2.40. The lowest BCUT2D eigenvalue weighted by molar-refractivity contribution is 0.415. The average molecular weight is 294 g/mol. The Morgan fingerprint density at radius 1 is 1.50 bits per heavy atom. The number of hydrogen-bond acceptors (Lipinski definition) is 6. The van der Waals surface area contributed by atoms with Gasteiger partial charge in [0.25, 0.3) is 0 Å². The molecule has 1 N–H and O–H groups in total. The first kappa shape index (κ1) is 15.3. The van der Waals surface area contributed by atoms with Crippen LogP contribution in [0.3, 0.4) is 0 Å². The second-order valence-electron chi connectivity index (χ2n) is 5.42. The largest absolute Gasteiger partial charge is 0.300 e. The minimum atomic E-state index is -0.394. The summed E-state index contributed by atoms with van der Waals surface area (Å²) in [6.45, 7) is 4.83. The summed E-state index contributed by atoms with van der Waals surface area (Å²) in [4.78, 5) is 0. The smallest absolute Gasteiger partial charge is 0.209 e. The van der Waals surface area contributed by atoms with Gasteiger partial charge in [0.05, 0.1) is 12.1 Å². The van der Waals surface area contributed by atoms with E-state index in [0.717, 1.165) is 36.7 Å². The topological polar surface area (TPSA) is 79.4 Å². The average Bonchev–Trinajstić information content (AvgIpc) is 3.18. The normalized spacial score (nSPS) is 17.6. The first-order valence-corrected chi connectivity index (χ1v) is 8.24. The van der Waals surface area contributed by atoms with Gasteiger partial charge in [0.1, 0.15) is 5.54 Å². The van der Waals surface area contributed by atoms with Gasteiger partial charge in [-0.2, -0.15) is 5.26 Å². The Labute approximate surface area is 124 Å². The van der Waals surface area contributed by atoms with Gasteiger partial charge >= 0.3 is 0 Å². The number of thioether (sulfide) groups is 1. The van der Waals surface area contributed by atoms with Crippen LogP contribution in [0.4, 0.5) is 0 Å². The first-order chi connectivity index (χ1) is 9.68. The Kier molecular flexibility index (Phi) is 5.38. The molecule has 1 aliphatic carbocycles. The monoisotopic (exact) mass is 294 g/mol. The maximum absolute atomic E-state index is 9.18. The first-order valence-electron chi connectivity index (χ1n) is 7.25. The van der Waals surface area contributed by atoms with Crippen molar-refractivity contribution in [2.24, 2.45) is 0 Å². The molecule has 1 fully saturated rings. The third-order valence-corrected chi connectivity index (χ3v) is 4.49. The van der Waals surface area contributed by atoms with Crippen LogP contribution >= 0.6 is 11.8 Å². The lowest BCUT2D eigenvalue weighted by Gasteiger charge is -2.22. The van der Waals surface area contributed by atoms with Gasteiger partial charge < -0.3 is 0 Å². The van der Waals surface area contributed by atoms with Gasteiger partial charge in [0.15, 0.2) is 0 Å². The number of nitrogens with one attached hydrogen (secondary N) is 1. The third-order valence-electron chi connectivity index (χ3n) is 3.47. The Bertz CT molecular complexity index is 464. The highest BCUT2D eigenvalue weighted by Crippen LogP contribution is 2.36. The molecular weight excluding hydrogens is 272 g/mol. The summed E-state index contributed by atoms with van der Waals surface area (Å²) in [6, 6.07) is 2.89. The molecule has 20 heavy (non-hydrogen) atoms. The van der Waals surface area contributed by atoms with Crippen LogP contribution in [0.1, 0.15) is 52.0 Å². The minimum Gasteiger partial charge on any atom is -0.300 e. The van der Waals surface area contributed by atoms with Crippen molar-refractivity contribution in [3.8, 4) is 6.07 Å². The second-order valence-corrected chi connectivity index (χ2v) is 6.48. The van der Waals surface area contributed by atoms with Crippen LogP contribution in [0, 0.1) is 11.3 Å². The van der Waals surface area contributed by atoms with Crippen LogP contribution in [0.2, 0.25) is 0 Å². The summed E-state index contributed by atoms with van der Waals surface area (Å²) in [6.07, 6.45) is 5.38. The molecule has 0 radical (unpaired) electrons. The molecule has 1 aliphatic rings. The zero-order valence-corrected chi connectivity index (χ0v) is 13.0. The van der Waals surface area contributed by atoms with E-state index in [4.69, 9.17) is 0 Å². The number of tetrazole rings is 1. The van der Waals surface area contributed by atoms with Gasteiger partial charge in [-0.05, 0) is 56.0 Å². The highest BCUT2D eigenvalue weighted by Gasteiger charge is 2.27. The van der Waals surface area contributed by atoms with E-state index < -0.39 is 5.54 Å². The van der Waals surface area contributed by atoms with Crippen LogP contribution < -0.4 is 5.32 Å². The van der Waals surface area contributed by atoms with Crippen molar-refractivity contribution in [2.45, 2.75) is 62.7 Å². The molecule has 1 unspecified atom stereocenters. The summed E-state index contributed by atoms with van der Waals surface area (Å²) < 4.78 is 1.95. The van der Waals surface area contributed by atoms with Gasteiger partial charge in [0, 0.05) is 5.75 Å². The molecular formula is C13H22N6S. The van der Waals surface area contributed by atoms with Crippen molar-refractivity contribution in [1.29, 1.82) is 5.26 Å². The van der Waals surface area contributed by atoms with E-state index >= 15 is 0 Å². The van der Waals surface area contributed by atoms with E-state index in [1.54, 1.807) is 11.8 Å². The summed E-state index contributed by atoms with van der Waals surface area (Å²) in [5, 5.41) is 25.2. The van der Waals surface area contributed by atoms with E-state index in [0.29, 0.717) is 6.04 Å². The third kappa shape index (κ3) is 4.18. The van der Waals surface area contributed by atoms with Gasteiger partial charge in [-0.15, -0.1) is 5.10 Å². The predicted octanol–water partition coefficient (Wildman–Crippen LogP) is 2.16. The molecule has 6 nitrogen and oxygen atoms in total. The van der Waals surface area contributed by atoms with Gasteiger partial charge in [0.2, 0.25) is 5.16 Å². The molecule has 1 aromatic rings. The lowest BCUT2D eigenvalue weighted by atomic mass is 9.97. The zero-order chi connectivity index (χ0) is 14.4. The molecule has 1 saturated carbocycles. The Balaban J connectivity index is 1.66. The number of unbranched alkanes of at least 4 members (excludes halogenated alkanes) is 1. The van der Waals surface area contributed by atoms with Crippen LogP contribution in [0.25, 0.3) is 0 Å². The van der Waals surface area contributed by atoms with E-state index in [1.807, 2.05) is 18.5 Å². The van der Waals surface area contributed by atoms with Crippen LogP contribution in [-0.2, 0) is 0 Å². The molecule has 0 spiro atoms. The van der Waals surface area contributed by atoms with E-state index in [1.165, 1.54) is 12.8 Å². The molecule has 0 aliphatic heterocycles. The molecule has 2 rings (SSSR count). The predicted molar refractivity (Wildman–Crippen MR) is 78.4 cm³/mol. The van der Waals surface area contributed by atoms with Crippen molar-refractivity contribution >= 4 is 11.8 Å². The summed E-state index contributed by atoms with van der Waals surface area (Å²) in [5.41, 5.74) is -0.394. The molecule has 0 saturated heterocycles. The van der Waals surface area contributed by atoms with Gasteiger partial charge in [-0.3, -0.25) is 5.32 Å². The van der Waals surface area contributed by atoms with Crippen LogP contribution in [-0.4, -0.2) is 38.0 Å². The molecule has 7 heteroatoms. The molecule has 1 heterocycles. The molecule has 0 amide bonds.